The molecule has 2 aromatic rings. The van der Waals surface area contributed by atoms with Crippen LogP contribution in [0.5, 0.6) is 0 Å². The predicted molar refractivity (Wildman–Crippen MR) is 64.0 cm³/mol. The van der Waals surface area contributed by atoms with Crippen LogP contribution >= 0.6 is 23.1 Å². The van der Waals surface area contributed by atoms with Crippen LogP contribution in [0.4, 0.5) is 5.69 Å². The van der Waals surface area contributed by atoms with E-state index in [0.717, 1.165) is 4.90 Å². The van der Waals surface area contributed by atoms with E-state index in [1.54, 1.807) is 29.2 Å². The fourth-order valence-electron chi connectivity index (χ4n) is 1.16. The molecule has 2 rings (SSSR count). The molecule has 0 spiro atoms. The third-order valence-corrected chi connectivity index (χ3v) is 4.01. The lowest BCUT2D eigenvalue weighted by atomic mass is 10.2. The first-order chi connectivity index (χ1) is 7.31. The Bertz CT molecular complexity index is 498. The van der Waals surface area contributed by atoms with E-state index in [-0.39, 0.29) is 0 Å². The molecule has 0 saturated heterocycles. The van der Waals surface area contributed by atoms with Crippen molar-refractivity contribution in [1.82, 2.24) is 0 Å². The largest absolute Gasteiger partial charge is 0.397 e. The van der Waals surface area contributed by atoms with Crippen LogP contribution in [0.3, 0.4) is 0 Å². The molecule has 0 saturated carbocycles. The Morgan fingerprint density at radius 1 is 1.27 bits per heavy atom. The third kappa shape index (κ3) is 2.14. The number of nitrogen functional groups attached to an aromatic ring is 1. The second kappa shape index (κ2) is 4.39. The van der Waals surface area contributed by atoms with Gasteiger partial charge in [-0.3, -0.25) is 0 Å². The number of para-hydroxylation sites is 1. The molecule has 1 heterocycles. The van der Waals surface area contributed by atoms with Gasteiger partial charge < -0.3 is 5.73 Å². The highest BCUT2D eigenvalue weighted by Gasteiger charge is 2.06. The molecule has 0 aliphatic heterocycles. The maximum absolute atomic E-state index is 8.83. The minimum Gasteiger partial charge on any atom is -0.397 e. The van der Waals surface area contributed by atoms with Crippen LogP contribution in [0.2, 0.25) is 0 Å². The molecule has 2 nitrogen and oxygen atoms in total. The predicted octanol–water partition coefficient (Wildman–Crippen LogP) is 3.35. The van der Waals surface area contributed by atoms with Gasteiger partial charge in [-0.15, -0.1) is 11.3 Å². The molecule has 0 atom stereocenters. The lowest BCUT2D eigenvalue weighted by Crippen LogP contribution is -1.92. The highest BCUT2D eigenvalue weighted by Crippen LogP contribution is 2.35. The maximum Gasteiger partial charge on any atom is 0.101 e. The van der Waals surface area contributed by atoms with Crippen LogP contribution in [0, 0.1) is 11.3 Å². The Morgan fingerprint density at radius 2 is 2.13 bits per heavy atom. The highest BCUT2D eigenvalue weighted by atomic mass is 32.2. The van der Waals surface area contributed by atoms with Gasteiger partial charge in [0.2, 0.25) is 0 Å². The van der Waals surface area contributed by atoms with E-state index in [1.807, 2.05) is 29.6 Å². The third-order valence-electron chi connectivity index (χ3n) is 1.89. The number of rotatable bonds is 2. The quantitative estimate of drug-likeness (QED) is 0.808. The summed E-state index contributed by atoms with van der Waals surface area (Å²) in [6.45, 7) is 0. The first-order valence-corrected chi connectivity index (χ1v) is 6.01. The fourth-order valence-corrected chi connectivity index (χ4v) is 2.97. The number of nitriles is 1. The van der Waals surface area contributed by atoms with Crippen molar-refractivity contribution >= 4 is 28.8 Å². The molecule has 0 aliphatic rings. The van der Waals surface area contributed by atoms with Gasteiger partial charge in [-0.2, -0.15) is 5.26 Å². The van der Waals surface area contributed by atoms with Gasteiger partial charge in [-0.1, -0.05) is 23.9 Å². The number of nitrogens with zero attached hydrogens (tertiary/aromatic N) is 1. The van der Waals surface area contributed by atoms with E-state index in [9.17, 15) is 0 Å². The van der Waals surface area contributed by atoms with E-state index in [1.165, 1.54) is 4.21 Å². The molecule has 0 amide bonds. The molecule has 4 heteroatoms. The van der Waals surface area contributed by atoms with Crippen molar-refractivity contribution < 1.29 is 0 Å². The Morgan fingerprint density at radius 3 is 2.80 bits per heavy atom. The molecule has 2 N–H and O–H groups in total. The first kappa shape index (κ1) is 10.1. The standard InChI is InChI=1S/C11H8N2S2/c12-7-8-3-1-4-9(11(8)13)15-10-5-2-6-14-10/h1-6H,13H2. The van der Waals surface area contributed by atoms with E-state index in [2.05, 4.69) is 6.07 Å². The number of hydrogen-bond acceptors (Lipinski definition) is 4. The summed E-state index contributed by atoms with van der Waals surface area (Å²) < 4.78 is 1.18. The number of anilines is 1. The van der Waals surface area contributed by atoms with E-state index in [4.69, 9.17) is 11.0 Å². The van der Waals surface area contributed by atoms with Gasteiger partial charge >= 0.3 is 0 Å². The molecule has 1 aromatic heterocycles. The Labute approximate surface area is 96.3 Å². The van der Waals surface area contributed by atoms with Crippen molar-refractivity contribution in [3.8, 4) is 6.07 Å². The van der Waals surface area contributed by atoms with Gasteiger partial charge in [-0.05, 0) is 23.6 Å². The minimum absolute atomic E-state index is 0.538. The summed E-state index contributed by atoms with van der Waals surface area (Å²) in [4.78, 5) is 0.941. The summed E-state index contributed by atoms with van der Waals surface area (Å²) in [5, 5.41) is 10.9. The summed E-state index contributed by atoms with van der Waals surface area (Å²) >= 11 is 3.26. The van der Waals surface area contributed by atoms with Gasteiger partial charge in [0.1, 0.15) is 6.07 Å². The SMILES string of the molecule is N#Cc1cccc(Sc2cccs2)c1N. The molecule has 1 aromatic carbocycles. The summed E-state index contributed by atoms with van der Waals surface area (Å²) in [7, 11) is 0. The molecule has 15 heavy (non-hydrogen) atoms. The van der Waals surface area contributed by atoms with E-state index in [0.29, 0.717) is 11.3 Å². The lowest BCUT2D eigenvalue weighted by Gasteiger charge is -2.04. The van der Waals surface area contributed by atoms with Crippen LogP contribution < -0.4 is 5.73 Å². The molecule has 0 bridgehead atoms. The Hall–Kier alpha value is -1.44. The average Bonchev–Trinajstić information content (AvgIpc) is 2.74. The molecule has 0 radical (unpaired) electrons. The van der Waals surface area contributed by atoms with Gasteiger partial charge in [-0.25, -0.2) is 0 Å². The molecule has 0 unspecified atom stereocenters. The van der Waals surface area contributed by atoms with Crippen molar-refractivity contribution in [2.24, 2.45) is 0 Å². The first-order valence-electron chi connectivity index (χ1n) is 4.31. The molecule has 0 aliphatic carbocycles. The number of hydrogen-bond donors (Lipinski definition) is 1. The van der Waals surface area contributed by atoms with E-state index < -0.39 is 0 Å². The van der Waals surface area contributed by atoms with Crippen molar-refractivity contribution in [3.63, 3.8) is 0 Å². The lowest BCUT2D eigenvalue weighted by molar-refractivity contribution is 1.40. The van der Waals surface area contributed by atoms with Gasteiger partial charge in [0.05, 0.1) is 15.5 Å². The number of nitrogens with two attached hydrogens (primary N) is 1. The Kier molecular flexibility index (Phi) is 2.95. The second-order valence-electron chi connectivity index (χ2n) is 2.86. The van der Waals surface area contributed by atoms with Crippen molar-refractivity contribution in [1.29, 1.82) is 5.26 Å². The van der Waals surface area contributed by atoms with Crippen molar-refractivity contribution in [2.75, 3.05) is 5.73 Å². The van der Waals surface area contributed by atoms with Crippen LogP contribution in [-0.2, 0) is 0 Å². The minimum atomic E-state index is 0.538. The summed E-state index contributed by atoms with van der Waals surface area (Å²) in [6, 6.07) is 11.6. The van der Waals surface area contributed by atoms with Crippen LogP contribution in [0.15, 0.2) is 44.8 Å². The second-order valence-corrected chi connectivity index (χ2v) is 5.15. The van der Waals surface area contributed by atoms with Crippen LogP contribution in [-0.4, -0.2) is 0 Å². The monoisotopic (exact) mass is 232 g/mol. The summed E-state index contributed by atoms with van der Waals surface area (Å²) in [5.74, 6) is 0. The van der Waals surface area contributed by atoms with Crippen LogP contribution in [0.1, 0.15) is 5.56 Å². The zero-order valence-corrected chi connectivity index (χ0v) is 9.44. The molecular weight excluding hydrogens is 224 g/mol. The van der Waals surface area contributed by atoms with E-state index >= 15 is 0 Å². The molecular formula is C11H8N2S2. The summed E-state index contributed by atoms with van der Waals surface area (Å²) in [6.07, 6.45) is 0. The Balaban J connectivity index is 2.34. The molecule has 0 fully saturated rings. The number of benzene rings is 1. The zero-order chi connectivity index (χ0) is 10.7. The highest BCUT2D eigenvalue weighted by molar-refractivity contribution is 8.01. The van der Waals surface area contributed by atoms with Gasteiger partial charge in [0.15, 0.2) is 0 Å². The molecule has 74 valence electrons. The van der Waals surface area contributed by atoms with Gasteiger partial charge in [0, 0.05) is 4.90 Å². The van der Waals surface area contributed by atoms with Crippen molar-refractivity contribution in [2.45, 2.75) is 9.10 Å². The average molecular weight is 232 g/mol. The van der Waals surface area contributed by atoms with Gasteiger partial charge in [0.25, 0.3) is 0 Å². The fraction of sp³-hybridized carbons (Fsp3) is 0. The van der Waals surface area contributed by atoms with Crippen molar-refractivity contribution in [3.05, 3.63) is 41.3 Å². The maximum atomic E-state index is 8.83. The normalized spacial score (nSPS) is 9.80. The number of thiophene rings is 1. The van der Waals surface area contributed by atoms with Crippen LogP contribution in [0.25, 0.3) is 0 Å². The zero-order valence-electron chi connectivity index (χ0n) is 7.81. The topological polar surface area (TPSA) is 49.8 Å². The smallest absolute Gasteiger partial charge is 0.101 e. The summed E-state index contributed by atoms with van der Waals surface area (Å²) in [5.41, 5.74) is 6.98.